The minimum Gasteiger partial charge on any atom is -0.344 e. The van der Waals surface area contributed by atoms with E-state index in [1.165, 1.54) is 0 Å². The molecule has 3 N–H and O–H groups in total. The Hall–Kier alpha value is -1.34. The highest BCUT2D eigenvalue weighted by Crippen LogP contribution is 2.05. The third kappa shape index (κ3) is 2.40. The van der Waals surface area contributed by atoms with Crippen molar-refractivity contribution in [1.29, 1.82) is 0 Å². The summed E-state index contributed by atoms with van der Waals surface area (Å²) in [6.07, 6.45) is 3.65. The zero-order valence-corrected chi connectivity index (χ0v) is 6.59. The predicted octanol–water partition coefficient (Wildman–Crippen LogP) is 3.13. The van der Waals surface area contributed by atoms with E-state index in [2.05, 4.69) is 13.2 Å². The first-order chi connectivity index (χ1) is 4.86. The third-order valence-corrected chi connectivity index (χ3v) is 1.41. The van der Waals surface area contributed by atoms with Crippen molar-refractivity contribution in [2.24, 2.45) is 0 Å². The van der Waals surface area contributed by atoms with Crippen molar-refractivity contribution in [3.05, 3.63) is 48.6 Å². The Morgan fingerprint density at radius 3 is 1.27 bits per heavy atom. The lowest BCUT2D eigenvalue weighted by Crippen LogP contribution is -1.71. The molecule has 0 bridgehead atoms. The second-order valence-corrected chi connectivity index (χ2v) is 2.07. The van der Waals surface area contributed by atoms with Crippen molar-refractivity contribution >= 4 is 12.2 Å². The zero-order valence-electron chi connectivity index (χ0n) is 6.59. The van der Waals surface area contributed by atoms with Gasteiger partial charge in [0.05, 0.1) is 0 Å². The predicted molar refractivity (Wildman–Crippen MR) is 51.6 cm³/mol. The molecular formula is C10H13N. The standard InChI is InChI=1S/C10H10.H3N/c1-3-9-5-7-10(4-2)8-6-9;/h3-8H,1-2H2;1H3. The van der Waals surface area contributed by atoms with Gasteiger partial charge in [0.1, 0.15) is 0 Å². The molecule has 1 rings (SSSR count). The van der Waals surface area contributed by atoms with Gasteiger partial charge in [0, 0.05) is 0 Å². The van der Waals surface area contributed by atoms with Crippen LogP contribution in [0.15, 0.2) is 37.4 Å². The van der Waals surface area contributed by atoms with Gasteiger partial charge in [-0.2, -0.15) is 0 Å². The maximum Gasteiger partial charge on any atom is -0.0262 e. The summed E-state index contributed by atoms with van der Waals surface area (Å²) in [4.78, 5) is 0. The number of benzene rings is 1. The molecule has 0 spiro atoms. The Morgan fingerprint density at radius 2 is 1.09 bits per heavy atom. The van der Waals surface area contributed by atoms with E-state index in [1.54, 1.807) is 0 Å². The lowest BCUT2D eigenvalue weighted by molar-refractivity contribution is 1.63. The van der Waals surface area contributed by atoms with Crippen LogP contribution in [0.4, 0.5) is 0 Å². The molecule has 0 aliphatic heterocycles. The van der Waals surface area contributed by atoms with E-state index in [-0.39, 0.29) is 6.15 Å². The SMILES string of the molecule is C=Cc1ccc(C=C)cc1.N. The molecule has 0 unspecified atom stereocenters. The van der Waals surface area contributed by atoms with Gasteiger partial charge in [-0.15, -0.1) is 0 Å². The summed E-state index contributed by atoms with van der Waals surface area (Å²) in [6.45, 7) is 7.32. The average Bonchev–Trinajstić information content (AvgIpc) is 2.05. The van der Waals surface area contributed by atoms with Gasteiger partial charge in [-0.3, -0.25) is 0 Å². The average molecular weight is 147 g/mol. The molecule has 0 fully saturated rings. The molecule has 0 radical (unpaired) electrons. The lowest BCUT2D eigenvalue weighted by atomic mass is 10.1. The van der Waals surface area contributed by atoms with Crippen LogP contribution >= 0.6 is 0 Å². The summed E-state index contributed by atoms with van der Waals surface area (Å²) >= 11 is 0. The molecule has 0 heterocycles. The number of hydrogen-bond acceptors (Lipinski definition) is 1. The molecule has 0 aliphatic rings. The Bertz CT molecular complexity index is 207. The van der Waals surface area contributed by atoms with Crippen LogP contribution in [-0.4, -0.2) is 0 Å². The fourth-order valence-electron chi connectivity index (χ4n) is 0.768. The van der Waals surface area contributed by atoms with Crippen LogP contribution in [0.2, 0.25) is 0 Å². The molecule has 0 aromatic heterocycles. The van der Waals surface area contributed by atoms with Gasteiger partial charge < -0.3 is 6.15 Å². The second-order valence-electron chi connectivity index (χ2n) is 2.07. The molecule has 58 valence electrons. The minimum atomic E-state index is 0. The van der Waals surface area contributed by atoms with Crippen LogP contribution < -0.4 is 6.15 Å². The third-order valence-electron chi connectivity index (χ3n) is 1.41. The van der Waals surface area contributed by atoms with Crippen LogP contribution in [-0.2, 0) is 0 Å². The lowest BCUT2D eigenvalue weighted by Gasteiger charge is -1.92. The highest BCUT2D eigenvalue weighted by molar-refractivity contribution is 5.53. The summed E-state index contributed by atoms with van der Waals surface area (Å²) in [5, 5.41) is 0. The largest absolute Gasteiger partial charge is 0.344 e. The van der Waals surface area contributed by atoms with E-state index in [0.29, 0.717) is 0 Å². The van der Waals surface area contributed by atoms with Gasteiger partial charge in [-0.25, -0.2) is 0 Å². The molecule has 1 aromatic carbocycles. The fraction of sp³-hybridized carbons (Fsp3) is 0. The van der Waals surface area contributed by atoms with E-state index in [9.17, 15) is 0 Å². The summed E-state index contributed by atoms with van der Waals surface area (Å²) < 4.78 is 0. The van der Waals surface area contributed by atoms with Crippen LogP contribution in [0.25, 0.3) is 12.2 Å². The highest BCUT2D eigenvalue weighted by Gasteiger charge is 1.84. The monoisotopic (exact) mass is 147 g/mol. The van der Waals surface area contributed by atoms with Crippen LogP contribution in [0.1, 0.15) is 11.1 Å². The topological polar surface area (TPSA) is 35.0 Å². The van der Waals surface area contributed by atoms with Gasteiger partial charge in [-0.1, -0.05) is 49.6 Å². The first-order valence-electron chi connectivity index (χ1n) is 3.22. The van der Waals surface area contributed by atoms with Crippen LogP contribution in [0.3, 0.4) is 0 Å². The summed E-state index contributed by atoms with van der Waals surface area (Å²) in [7, 11) is 0. The second kappa shape index (κ2) is 4.47. The maximum atomic E-state index is 3.66. The van der Waals surface area contributed by atoms with Gasteiger partial charge in [0.25, 0.3) is 0 Å². The Morgan fingerprint density at radius 1 is 0.818 bits per heavy atom. The molecule has 1 aromatic rings. The van der Waals surface area contributed by atoms with Crippen LogP contribution in [0, 0.1) is 0 Å². The molecule has 0 atom stereocenters. The van der Waals surface area contributed by atoms with E-state index >= 15 is 0 Å². The normalized spacial score (nSPS) is 8.00. The fourth-order valence-corrected chi connectivity index (χ4v) is 0.768. The molecule has 1 nitrogen and oxygen atoms in total. The van der Waals surface area contributed by atoms with Crippen molar-refractivity contribution in [3.8, 4) is 0 Å². The molecule has 0 aliphatic carbocycles. The Balaban J connectivity index is 0.000001000. The van der Waals surface area contributed by atoms with Gasteiger partial charge in [0.15, 0.2) is 0 Å². The molecule has 0 saturated heterocycles. The maximum absolute atomic E-state index is 3.66. The van der Waals surface area contributed by atoms with Crippen molar-refractivity contribution in [1.82, 2.24) is 6.15 Å². The van der Waals surface area contributed by atoms with Crippen molar-refractivity contribution in [2.75, 3.05) is 0 Å². The number of hydrogen-bond donors (Lipinski definition) is 1. The smallest absolute Gasteiger partial charge is 0.0262 e. The van der Waals surface area contributed by atoms with Gasteiger partial charge in [0.2, 0.25) is 0 Å². The van der Waals surface area contributed by atoms with E-state index in [1.807, 2.05) is 36.4 Å². The van der Waals surface area contributed by atoms with Crippen molar-refractivity contribution < 1.29 is 0 Å². The van der Waals surface area contributed by atoms with E-state index in [0.717, 1.165) is 11.1 Å². The highest BCUT2D eigenvalue weighted by atomic mass is 14.0. The molecule has 11 heavy (non-hydrogen) atoms. The molecular weight excluding hydrogens is 134 g/mol. The van der Waals surface area contributed by atoms with E-state index in [4.69, 9.17) is 0 Å². The molecule has 0 saturated carbocycles. The molecule has 0 amide bonds. The first-order valence-corrected chi connectivity index (χ1v) is 3.22. The first kappa shape index (κ1) is 9.66. The summed E-state index contributed by atoms with van der Waals surface area (Å²) in [5.41, 5.74) is 2.29. The number of rotatable bonds is 2. The van der Waals surface area contributed by atoms with Crippen LogP contribution in [0.5, 0.6) is 0 Å². The summed E-state index contributed by atoms with van der Waals surface area (Å²) in [6, 6.07) is 8.07. The molecule has 1 heteroatoms. The quantitative estimate of drug-likeness (QED) is 0.685. The van der Waals surface area contributed by atoms with E-state index < -0.39 is 0 Å². The zero-order chi connectivity index (χ0) is 7.40. The van der Waals surface area contributed by atoms with Crippen molar-refractivity contribution in [2.45, 2.75) is 0 Å². The minimum absolute atomic E-state index is 0. The van der Waals surface area contributed by atoms with Gasteiger partial charge in [-0.05, 0) is 11.1 Å². The van der Waals surface area contributed by atoms with Gasteiger partial charge >= 0.3 is 0 Å². The van der Waals surface area contributed by atoms with Crippen molar-refractivity contribution in [3.63, 3.8) is 0 Å². The Labute approximate surface area is 67.6 Å². The summed E-state index contributed by atoms with van der Waals surface area (Å²) in [5.74, 6) is 0. The Kier molecular flexibility index (Phi) is 3.93.